The molecule has 0 aliphatic rings. The number of amides is 2. The summed E-state index contributed by atoms with van der Waals surface area (Å²) in [5.74, 6) is -1.18. The summed E-state index contributed by atoms with van der Waals surface area (Å²) in [4.78, 5) is 23.6. The average Bonchev–Trinajstić information content (AvgIpc) is 2.52. The quantitative estimate of drug-likeness (QED) is 0.485. The van der Waals surface area contributed by atoms with Crippen molar-refractivity contribution in [2.75, 3.05) is 11.9 Å². The zero-order chi connectivity index (χ0) is 17.1. The molecule has 0 atom stereocenters. The number of hydrogen-bond donors (Lipinski definition) is 2. The first-order valence-electron chi connectivity index (χ1n) is 8.40. The Kier molecular flexibility index (Phi) is 9.60. The number of nitrogens with one attached hydrogen (secondary N) is 2. The van der Waals surface area contributed by atoms with Crippen LogP contribution < -0.4 is 10.6 Å². The Labute approximate surface area is 147 Å². The Hall–Kier alpha value is -1.36. The number of carbonyl (C=O) groups is 2. The molecule has 0 aliphatic heterocycles. The van der Waals surface area contributed by atoms with Crippen LogP contribution in [0.2, 0.25) is 0 Å². The first-order valence-corrected chi connectivity index (χ1v) is 9.19. The molecule has 1 aromatic carbocycles. The third-order valence-corrected chi connectivity index (χ3v) is 4.20. The molecule has 0 fully saturated rings. The monoisotopic (exact) mass is 382 g/mol. The summed E-state index contributed by atoms with van der Waals surface area (Å²) in [6, 6.07) is 5.51. The number of carbonyl (C=O) groups excluding carboxylic acids is 2. The lowest BCUT2D eigenvalue weighted by Crippen LogP contribution is -2.36. The van der Waals surface area contributed by atoms with Crippen molar-refractivity contribution in [2.45, 2.75) is 58.8 Å². The largest absolute Gasteiger partial charge is 0.348 e. The molecule has 0 saturated heterocycles. The zero-order valence-electron chi connectivity index (χ0n) is 14.1. The van der Waals surface area contributed by atoms with Crippen molar-refractivity contribution in [2.24, 2.45) is 0 Å². The van der Waals surface area contributed by atoms with Gasteiger partial charge in [-0.1, -0.05) is 61.4 Å². The van der Waals surface area contributed by atoms with E-state index in [0.29, 0.717) is 12.2 Å². The van der Waals surface area contributed by atoms with Crippen LogP contribution in [0, 0.1) is 6.92 Å². The molecule has 2 N–H and O–H groups in total. The number of aryl methyl sites for hydroxylation is 1. The fourth-order valence-corrected chi connectivity index (χ4v) is 2.79. The summed E-state index contributed by atoms with van der Waals surface area (Å²) < 4.78 is 0.941. The van der Waals surface area contributed by atoms with E-state index in [2.05, 4.69) is 33.5 Å². The molecule has 1 rings (SSSR count). The first-order chi connectivity index (χ1) is 11.0. The minimum atomic E-state index is -0.613. The number of benzene rings is 1. The maximum Gasteiger partial charge on any atom is 0.313 e. The molecule has 1 aromatic rings. The van der Waals surface area contributed by atoms with E-state index in [1.165, 1.54) is 32.1 Å². The van der Waals surface area contributed by atoms with Gasteiger partial charge in [-0.3, -0.25) is 9.59 Å². The third-order valence-electron chi connectivity index (χ3n) is 3.71. The Balaban J connectivity index is 2.20. The Morgan fingerprint density at radius 3 is 2.30 bits per heavy atom. The molecule has 0 radical (unpaired) electrons. The molecule has 0 aromatic heterocycles. The summed E-state index contributed by atoms with van der Waals surface area (Å²) in [6.07, 6.45) is 8.30. The number of rotatable bonds is 9. The lowest BCUT2D eigenvalue weighted by molar-refractivity contribution is -0.136. The van der Waals surface area contributed by atoms with Crippen molar-refractivity contribution in [1.29, 1.82) is 0 Å². The average molecular weight is 383 g/mol. The standard InChI is InChI=1S/C18H27BrN2O2/c1-3-4-5-6-7-8-9-12-20-17(22)18(23)21-16-11-10-15(19)13-14(16)2/h10-11,13H,3-9,12H2,1-2H3,(H,20,22)(H,21,23). The SMILES string of the molecule is CCCCCCCCCNC(=O)C(=O)Nc1ccc(Br)cc1C. The molecule has 2 amide bonds. The van der Waals surface area contributed by atoms with Crippen molar-refractivity contribution < 1.29 is 9.59 Å². The minimum absolute atomic E-state index is 0.555. The van der Waals surface area contributed by atoms with Gasteiger partial charge in [0.05, 0.1) is 0 Å². The predicted octanol–water partition coefficient (Wildman–Crippen LogP) is 4.56. The van der Waals surface area contributed by atoms with Crippen LogP contribution in [0.4, 0.5) is 5.69 Å². The van der Waals surface area contributed by atoms with Crippen LogP contribution in [0.1, 0.15) is 57.4 Å². The lowest BCUT2D eigenvalue weighted by Gasteiger charge is -2.09. The summed E-state index contributed by atoms with van der Waals surface area (Å²) in [5, 5.41) is 5.32. The molecule has 23 heavy (non-hydrogen) atoms. The van der Waals surface area contributed by atoms with Crippen molar-refractivity contribution in [3.05, 3.63) is 28.2 Å². The number of unbranched alkanes of at least 4 members (excludes halogenated alkanes) is 6. The van der Waals surface area contributed by atoms with Gasteiger partial charge in [-0.25, -0.2) is 0 Å². The highest BCUT2D eigenvalue weighted by molar-refractivity contribution is 9.10. The zero-order valence-corrected chi connectivity index (χ0v) is 15.7. The fraction of sp³-hybridized carbons (Fsp3) is 0.556. The highest BCUT2D eigenvalue weighted by Gasteiger charge is 2.13. The van der Waals surface area contributed by atoms with Gasteiger partial charge in [-0.2, -0.15) is 0 Å². The van der Waals surface area contributed by atoms with Crippen LogP contribution in [0.5, 0.6) is 0 Å². The Bertz CT molecular complexity index is 518. The second-order valence-corrected chi connectivity index (χ2v) is 6.71. The molecule has 0 spiro atoms. The van der Waals surface area contributed by atoms with Crippen LogP contribution in [-0.4, -0.2) is 18.4 Å². The van der Waals surface area contributed by atoms with Gasteiger partial charge in [-0.15, -0.1) is 0 Å². The van der Waals surface area contributed by atoms with Crippen LogP contribution in [0.3, 0.4) is 0 Å². The van der Waals surface area contributed by atoms with Gasteiger partial charge in [0.25, 0.3) is 0 Å². The summed E-state index contributed by atoms with van der Waals surface area (Å²) >= 11 is 3.37. The van der Waals surface area contributed by atoms with Gasteiger partial charge < -0.3 is 10.6 Å². The molecular weight excluding hydrogens is 356 g/mol. The third kappa shape index (κ3) is 8.16. The van der Waals surface area contributed by atoms with Crippen LogP contribution in [-0.2, 0) is 9.59 Å². The van der Waals surface area contributed by atoms with E-state index in [9.17, 15) is 9.59 Å². The van der Waals surface area contributed by atoms with Crippen molar-refractivity contribution in [1.82, 2.24) is 5.32 Å². The van der Waals surface area contributed by atoms with E-state index in [-0.39, 0.29) is 0 Å². The molecule has 0 heterocycles. The Morgan fingerprint density at radius 1 is 1.00 bits per heavy atom. The molecule has 0 bridgehead atoms. The summed E-state index contributed by atoms with van der Waals surface area (Å²) in [6.45, 7) is 4.65. The van der Waals surface area contributed by atoms with Crippen LogP contribution in [0.25, 0.3) is 0 Å². The maximum atomic E-state index is 11.9. The normalized spacial score (nSPS) is 10.4. The van der Waals surface area contributed by atoms with E-state index in [1.54, 1.807) is 6.07 Å². The molecule has 128 valence electrons. The van der Waals surface area contributed by atoms with Crippen LogP contribution >= 0.6 is 15.9 Å². The van der Waals surface area contributed by atoms with Gasteiger partial charge in [0.1, 0.15) is 0 Å². The Morgan fingerprint density at radius 2 is 1.65 bits per heavy atom. The van der Waals surface area contributed by atoms with Crippen molar-refractivity contribution >= 4 is 33.4 Å². The number of hydrogen-bond acceptors (Lipinski definition) is 2. The van der Waals surface area contributed by atoms with Gasteiger partial charge in [0, 0.05) is 16.7 Å². The van der Waals surface area contributed by atoms with Crippen LogP contribution in [0.15, 0.2) is 22.7 Å². The molecular formula is C18H27BrN2O2. The van der Waals surface area contributed by atoms with E-state index < -0.39 is 11.8 Å². The molecule has 5 heteroatoms. The van der Waals surface area contributed by atoms with Crippen molar-refractivity contribution in [3.8, 4) is 0 Å². The molecule has 4 nitrogen and oxygen atoms in total. The molecule has 0 aliphatic carbocycles. The van der Waals surface area contributed by atoms with Gasteiger partial charge in [0.2, 0.25) is 0 Å². The van der Waals surface area contributed by atoms with Crippen molar-refractivity contribution in [3.63, 3.8) is 0 Å². The molecule has 0 unspecified atom stereocenters. The first kappa shape index (κ1) is 19.7. The summed E-state index contributed by atoms with van der Waals surface area (Å²) in [5.41, 5.74) is 1.57. The van der Waals surface area contributed by atoms with E-state index in [0.717, 1.165) is 22.9 Å². The van der Waals surface area contributed by atoms with E-state index >= 15 is 0 Å². The lowest BCUT2D eigenvalue weighted by atomic mass is 10.1. The minimum Gasteiger partial charge on any atom is -0.348 e. The predicted molar refractivity (Wildman–Crippen MR) is 98.5 cm³/mol. The number of halogens is 1. The second kappa shape index (κ2) is 11.2. The number of anilines is 1. The van der Waals surface area contributed by atoms with Gasteiger partial charge in [-0.05, 0) is 37.1 Å². The molecule has 0 saturated carbocycles. The maximum absolute atomic E-state index is 11.9. The van der Waals surface area contributed by atoms with E-state index in [4.69, 9.17) is 0 Å². The highest BCUT2D eigenvalue weighted by atomic mass is 79.9. The topological polar surface area (TPSA) is 58.2 Å². The summed E-state index contributed by atoms with van der Waals surface area (Å²) in [7, 11) is 0. The second-order valence-electron chi connectivity index (χ2n) is 5.79. The van der Waals surface area contributed by atoms with Gasteiger partial charge >= 0.3 is 11.8 Å². The highest BCUT2D eigenvalue weighted by Crippen LogP contribution is 2.19. The van der Waals surface area contributed by atoms with Gasteiger partial charge in [0.15, 0.2) is 0 Å². The smallest absolute Gasteiger partial charge is 0.313 e. The van der Waals surface area contributed by atoms with E-state index in [1.807, 2.05) is 19.1 Å². The fourth-order valence-electron chi connectivity index (χ4n) is 2.31.